The number of carbonyl (C=O) groups is 2. The van der Waals surface area contributed by atoms with E-state index in [1.807, 2.05) is 24.3 Å². The SMILES string of the molecule is NC(=O)c1nc2n(c1Cc1ccccc1Cl)C1CC(C1)c1ccc(Br)cc1-2.NC(=O)c1nc2n(c1I)C1CC(C1)c1ccc(Br)cc1-2. The molecule has 3 aromatic carbocycles. The van der Waals surface area contributed by atoms with Gasteiger partial charge >= 0.3 is 0 Å². The van der Waals surface area contributed by atoms with E-state index < -0.39 is 11.8 Å². The van der Waals surface area contributed by atoms with Gasteiger partial charge in [0.25, 0.3) is 11.8 Å². The van der Waals surface area contributed by atoms with E-state index in [1.54, 1.807) is 0 Å². The highest BCUT2D eigenvalue weighted by Crippen LogP contribution is 2.54. The zero-order valence-corrected chi connectivity index (χ0v) is 31.0. The maximum absolute atomic E-state index is 12.2. The summed E-state index contributed by atoms with van der Waals surface area (Å²) in [5.74, 6) is 1.92. The standard InChI is InChI=1S/C21H17BrClN3O.C14H11BrIN3O/c22-13-5-6-15-12-7-14(8-12)26-18(9-11-3-1-2-4-17(11)23)19(20(24)27)25-21(26)16(15)10-13;15-7-1-2-9-6-3-8(4-6)19-12(16)11(13(17)20)18-14(19)10(9)5-7/h1-6,10,12,14H,7-9H2,(H2,24,27);1-2,5-6,8H,3-4H2,(H2,17,20). The van der Waals surface area contributed by atoms with Crippen LogP contribution in [0.3, 0.4) is 0 Å². The summed E-state index contributed by atoms with van der Waals surface area (Å²) in [5.41, 5.74) is 18.6. The molecule has 0 unspecified atom stereocenters. The Balaban J connectivity index is 0.000000144. The molecule has 47 heavy (non-hydrogen) atoms. The molecule has 0 atom stereocenters. The van der Waals surface area contributed by atoms with Gasteiger partial charge in [0.05, 0.1) is 5.69 Å². The Kier molecular flexibility index (Phi) is 7.89. The highest BCUT2D eigenvalue weighted by molar-refractivity contribution is 14.1. The lowest BCUT2D eigenvalue weighted by atomic mass is 9.75. The van der Waals surface area contributed by atoms with Crippen molar-refractivity contribution in [3.63, 3.8) is 0 Å². The summed E-state index contributed by atoms with van der Waals surface area (Å²) in [6, 6.07) is 21.2. The minimum Gasteiger partial charge on any atom is -0.364 e. The zero-order chi connectivity index (χ0) is 32.7. The number of imidazole rings is 2. The first-order valence-corrected chi connectivity index (χ1v) is 18.4. The summed E-state index contributed by atoms with van der Waals surface area (Å²) in [7, 11) is 0. The molecule has 5 aromatic rings. The minimum absolute atomic E-state index is 0.342. The predicted octanol–water partition coefficient (Wildman–Crippen LogP) is 8.54. The van der Waals surface area contributed by atoms with Gasteiger partial charge in [-0.1, -0.05) is 73.8 Å². The van der Waals surface area contributed by atoms with Gasteiger partial charge in [-0.15, -0.1) is 0 Å². The Morgan fingerprint density at radius 3 is 1.85 bits per heavy atom. The number of amides is 2. The molecule has 2 saturated carbocycles. The van der Waals surface area contributed by atoms with E-state index in [1.165, 1.54) is 11.1 Å². The van der Waals surface area contributed by atoms with Crippen molar-refractivity contribution < 1.29 is 9.59 Å². The molecule has 8 nitrogen and oxygen atoms in total. The Morgan fingerprint density at radius 2 is 1.30 bits per heavy atom. The Morgan fingerprint density at radius 1 is 0.787 bits per heavy atom. The molecule has 2 aromatic heterocycles. The summed E-state index contributed by atoms with van der Waals surface area (Å²) < 4.78 is 7.32. The van der Waals surface area contributed by atoms with Crippen LogP contribution in [0.4, 0.5) is 0 Å². The van der Waals surface area contributed by atoms with Crippen molar-refractivity contribution in [2.24, 2.45) is 11.5 Å². The van der Waals surface area contributed by atoms with Gasteiger partial charge < -0.3 is 20.6 Å². The molecule has 0 radical (unpaired) electrons. The van der Waals surface area contributed by atoms with Crippen molar-refractivity contribution in [2.45, 2.75) is 56.0 Å². The first-order chi connectivity index (χ1) is 22.6. The second-order valence-corrected chi connectivity index (χ2v) is 15.9. The van der Waals surface area contributed by atoms with Crippen molar-refractivity contribution in [1.82, 2.24) is 19.1 Å². The van der Waals surface area contributed by atoms with Crippen LogP contribution < -0.4 is 11.5 Å². The van der Waals surface area contributed by atoms with Gasteiger partial charge in [0.2, 0.25) is 0 Å². The van der Waals surface area contributed by atoms with E-state index in [2.05, 4.69) is 105 Å². The number of hydrogen-bond donors (Lipinski definition) is 2. The van der Waals surface area contributed by atoms with Gasteiger partial charge in [0, 0.05) is 43.6 Å². The number of hydrogen-bond acceptors (Lipinski definition) is 4. The van der Waals surface area contributed by atoms with Gasteiger partial charge in [-0.05, 0) is 107 Å². The molecule has 2 amide bonds. The second kappa shape index (κ2) is 11.9. The van der Waals surface area contributed by atoms with Crippen molar-refractivity contribution in [1.29, 1.82) is 0 Å². The third-order valence-electron chi connectivity index (χ3n) is 9.99. The summed E-state index contributed by atoms with van der Waals surface area (Å²) >= 11 is 15.7. The molecule has 6 aliphatic rings. The molecule has 12 heteroatoms. The molecule has 4 N–H and O–H groups in total. The monoisotopic (exact) mass is 884 g/mol. The molecule has 2 fully saturated rings. The molecule has 6 heterocycles. The third kappa shape index (κ3) is 5.19. The number of primary amides is 2. The maximum Gasteiger partial charge on any atom is 0.270 e. The van der Waals surface area contributed by atoms with Crippen molar-refractivity contribution in [3.05, 3.63) is 112 Å². The summed E-state index contributed by atoms with van der Waals surface area (Å²) in [6.45, 7) is 0. The van der Waals surface area contributed by atoms with Crippen molar-refractivity contribution >= 4 is 77.9 Å². The normalized spacial score (nSPS) is 20.9. The number of nitrogens with zero attached hydrogens (tertiary/aromatic N) is 4. The van der Waals surface area contributed by atoms with Crippen LogP contribution in [0.5, 0.6) is 0 Å². The van der Waals surface area contributed by atoms with Crippen LogP contribution >= 0.6 is 66.1 Å². The highest BCUT2D eigenvalue weighted by Gasteiger charge is 2.42. The Hall–Kier alpha value is -3.00. The molecule has 0 saturated heterocycles. The lowest BCUT2D eigenvalue weighted by molar-refractivity contribution is 0.0986. The van der Waals surface area contributed by atoms with Gasteiger partial charge in [-0.3, -0.25) is 9.59 Å². The fraction of sp³-hybridized carbons (Fsp3) is 0.257. The van der Waals surface area contributed by atoms with Gasteiger partial charge in [0.1, 0.15) is 21.0 Å². The lowest BCUT2D eigenvalue weighted by Gasteiger charge is -2.35. The summed E-state index contributed by atoms with van der Waals surface area (Å²) in [6.07, 6.45) is 4.89. The molecular weight excluding hydrogens is 859 g/mol. The number of benzene rings is 3. The molecule has 238 valence electrons. The fourth-order valence-electron chi connectivity index (χ4n) is 7.59. The molecular formula is C35H28Br2ClIN6O2. The van der Waals surface area contributed by atoms with E-state index >= 15 is 0 Å². The maximum atomic E-state index is 12.2. The van der Waals surface area contributed by atoms with E-state index in [-0.39, 0.29) is 0 Å². The topological polar surface area (TPSA) is 122 Å². The van der Waals surface area contributed by atoms with Crippen LogP contribution in [0, 0.1) is 3.70 Å². The summed E-state index contributed by atoms with van der Waals surface area (Å²) in [5, 5.41) is 0.687. The molecule has 4 aliphatic heterocycles. The quantitative estimate of drug-likeness (QED) is 0.176. The largest absolute Gasteiger partial charge is 0.364 e. The van der Waals surface area contributed by atoms with Crippen LogP contribution in [-0.4, -0.2) is 30.9 Å². The highest BCUT2D eigenvalue weighted by atomic mass is 127. The van der Waals surface area contributed by atoms with Crippen LogP contribution in [-0.2, 0) is 6.42 Å². The van der Waals surface area contributed by atoms with Crippen molar-refractivity contribution in [2.75, 3.05) is 0 Å². The molecule has 4 bridgehead atoms. The first-order valence-electron chi connectivity index (χ1n) is 15.4. The number of rotatable bonds is 4. The van der Waals surface area contributed by atoms with E-state index in [0.717, 1.165) is 72.4 Å². The van der Waals surface area contributed by atoms with Crippen molar-refractivity contribution in [3.8, 4) is 22.8 Å². The molecule has 11 rings (SSSR count). The van der Waals surface area contributed by atoms with Gasteiger partial charge in [-0.25, -0.2) is 9.97 Å². The number of aromatic nitrogens is 4. The fourth-order valence-corrected chi connectivity index (χ4v) is 9.53. The smallest absolute Gasteiger partial charge is 0.270 e. The zero-order valence-electron chi connectivity index (χ0n) is 24.9. The number of carbonyl (C=O) groups excluding carboxylic acids is 2. The predicted molar refractivity (Wildman–Crippen MR) is 197 cm³/mol. The minimum atomic E-state index is -0.495. The lowest BCUT2D eigenvalue weighted by Crippen LogP contribution is -2.25. The molecule has 2 aliphatic carbocycles. The Bertz CT molecular complexity index is 2130. The van der Waals surface area contributed by atoms with Crippen LogP contribution in [0.25, 0.3) is 22.8 Å². The van der Waals surface area contributed by atoms with Gasteiger partial charge in [-0.2, -0.15) is 0 Å². The van der Waals surface area contributed by atoms with Crippen LogP contribution in [0.2, 0.25) is 5.02 Å². The Labute approximate surface area is 306 Å². The van der Waals surface area contributed by atoms with E-state index in [9.17, 15) is 9.59 Å². The number of nitrogens with two attached hydrogens (primary N) is 2. The third-order valence-corrected chi connectivity index (χ3v) is 12.4. The summed E-state index contributed by atoms with van der Waals surface area (Å²) in [4.78, 5) is 33.0. The van der Waals surface area contributed by atoms with E-state index in [4.69, 9.17) is 28.1 Å². The second-order valence-electron chi connectivity index (χ2n) is 12.6. The molecule has 0 spiro atoms. The van der Waals surface area contributed by atoms with E-state index in [0.29, 0.717) is 46.8 Å². The first kappa shape index (κ1) is 31.3. The number of halogens is 4. The van der Waals surface area contributed by atoms with Gasteiger partial charge in [0.15, 0.2) is 5.69 Å². The average molecular weight is 887 g/mol. The van der Waals surface area contributed by atoms with Crippen LogP contribution in [0.1, 0.15) is 93.0 Å². The average Bonchev–Trinajstić information content (AvgIpc) is 3.34. The van der Waals surface area contributed by atoms with Crippen LogP contribution in [0.15, 0.2) is 69.6 Å².